The molecule has 1 aromatic heterocycles. The third-order valence-corrected chi connectivity index (χ3v) is 3.61. The van der Waals surface area contributed by atoms with E-state index in [1.165, 1.54) is 6.92 Å². The van der Waals surface area contributed by atoms with Crippen molar-refractivity contribution in [3.63, 3.8) is 0 Å². The quantitative estimate of drug-likeness (QED) is 0.646. The summed E-state index contributed by atoms with van der Waals surface area (Å²) in [5.41, 5.74) is -2.14. The van der Waals surface area contributed by atoms with Crippen LogP contribution >= 0.6 is 0 Å². The summed E-state index contributed by atoms with van der Waals surface area (Å²) in [5, 5.41) is 9.58. The summed E-state index contributed by atoms with van der Waals surface area (Å²) < 4.78 is 17.1. The van der Waals surface area contributed by atoms with Crippen LogP contribution < -0.4 is 10.2 Å². The van der Waals surface area contributed by atoms with Gasteiger partial charge in [-0.05, 0) is 40.7 Å². The first-order chi connectivity index (χ1) is 9.02. The van der Waals surface area contributed by atoms with E-state index in [1.807, 2.05) is 27.7 Å². The van der Waals surface area contributed by atoms with E-state index in [-0.39, 0.29) is 5.88 Å². The molecule has 0 amide bonds. The maximum Gasteiger partial charge on any atom is 0.500 e. The number of nitrogens with zero attached hydrogens (tertiary/aromatic N) is 1. The van der Waals surface area contributed by atoms with Gasteiger partial charge in [-0.2, -0.15) is 0 Å². The van der Waals surface area contributed by atoms with E-state index in [0.717, 1.165) is 0 Å². The Labute approximate surface area is 121 Å². The van der Waals surface area contributed by atoms with E-state index in [1.54, 1.807) is 18.3 Å². The number of aliphatic hydroxyl groups is 1. The van der Waals surface area contributed by atoms with Crippen molar-refractivity contribution in [1.82, 2.24) is 4.98 Å². The Bertz CT molecular complexity index is 483. The van der Waals surface area contributed by atoms with Gasteiger partial charge in [0.1, 0.15) is 0 Å². The summed E-state index contributed by atoms with van der Waals surface area (Å²) in [6, 6.07) is 3.52. The highest BCUT2D eigenvalue weighted by Gasteiger charge is 2.52. The van der Waals surface area contributed by atoms with Gasteiger partial charge in [-0.15, -0.1) is 0 Å². The van der Waals surface area contributed by atoms with Crippen LogP contribution in [0.3, 0.4) is 0 Å². The molecular formula is C13H19B2NO4. The maximum atomic E-state index is 9.58. The van der Waals surface area contributed by atoms with Crippen molar-refractivity contribution in [2.24, 2.45) is 0 Å². The van der Waals surface area contributed by atoms with Gasteiger partial charge < -0.3 is 19.2 Å². The molecule has 1 aliphatic heterocycles. The number of aromatic nitrogens is 1. The molecule has 5 nitrogen and oxygen atoms in total. The van der Waals surface area contributed by atoms with Crippen LogP contribution in [0.25, 0.3) is 0 Å². The zero-order valence-corrected chi connectivity index (χ0v) is 12.5. The molecule has 0 bridgehead atoms. The highest BCUT2D eigenvalue weighted by molar-refractivity contribution is 6.63. The van der Waals surface area contributed by atoms with Gasteiger partial charge in [-0.25, -0.2) is 4.98 Å². The predicted molar refractivity (Wildman–Crippen MR) is 77.0 cm³/mol. The Hall–Kier alpha value is -1.04. The van der Waals surface area contributed by atoms with E-state index >= 15 is 0 Å². The van der Waals surface area contributed by atoms with Crippen molar-refractivity contribution in [2.75, 3.05) is 0 Å². The molecule has 0 spiro atoms. The van der Waals surface area contributed by atoms with Crippen LogP contribution in [0, 0.1) is 0 Å². The summed E-state index contributed by atoms with van der Waals surface area (Å²) in [5.74, 6) is 0.193. The molecule has 2 rings (SSSR count). The highest BCUT2D eigenvalue weighted by atomic mass is 16.7. The Kier molecular flexibility index (Phi) is 3.65. The first-order valence-corrected chi connectivity index (χ1v) is 6.53. The fraction of sp³-hybridized carbons (Fsp3) is 0.615. The molecule has 7 heteroatoms. The Morgan fingerprint density at radius 2 is 1.85 bits per heavy atom. The van der Waals surface area contributed by atoms with Gasteiger partial charge in [-0.1, -0.05) is 6.07 Å². The van der Waals surface area contributed by atoms with Gasteiger partial charge in [0.25, 0.3) is 0 Å². The molecule has 1 aliphatic rings. The minimum absolute atomic E-state index is 0.193. The largest absolute Gasteiger partial charge is 0.500 e. The van der Waals surface area contributed by atoms with Crippen molar-refractivity contribution in [3.05, 3.63) is 18.3 Å². The van der Waals surface area contributed by atoms with E-state index in [4.69, 9.17) is 21.9 Å². The fourth-order valence-electron chi connectivity index (χ4n) is 1.83. The molecule has 0 aliphatic carbocycles. The zero-order valence-electron chi connectivity index (χ0n) is 12.5. The minimum Gasteiger partial charge on any atom is -0.456 e. The second kappa shape index (κ2) is 4.76. The number of ether oxygens (including phenoxy) is 1. The zero-order chi connectivity index (χ0) is 15.2. The molecule has 1 aromatic rings. The smallest absolute Gasteiger partial charge is 0.456 e. The van der Waals surface area contributed by atoms with E-state index in [9.17, 15) is 5.11 Å². The average Bonchev–Trinajstić information content (AvgIpc) is 2.46. The third kappa shape index (κ3) is 3.00. The number of hydrogen-bond acceptors (Lipinski definition) is 5. The Balaban J connectivity index is 2.31. The normalized spacial score (nSPS) is 23.4. The molecule has 20 heavy (non-hydrogen) atoms. The molecule has 1 fully saturated rings. The third-order valence-electron chi connectivity index (χ3n) is 3.61. The first-order valence-electron chi connectivity index (χ1n) is 6.53. The molecule has 1 N–H and O–H groups in total. The van der Waals surface area contributed by atoms with Crippen LogP contribution in [-0.4, -0.2) is 41.9 Å². The van der Waals surface area contributed by atoms with Gasteiger partial charge in [0.05, 0.1) is 11.2 Å². The van der Waals surface area contributed by atoms with Gasteiger partial charge in [0.15, 0.2) is 13.5 Å². The highest BCUT2D eigenvalue weighted by Crippen LogP contribution is 2.37. The fourth-order valence-corrected chi connectivity index (χ4v) is 1.83. The lowest BCUT2D eigenvalue weighted by Crippen LogP contribution is -2.41. The van der Waals surface area contributed by atoms with E-state index in [2.05, 4.69) is 4.98 Å². The van der Waals surface area contributed by atoms with Crippen LogP contribution in [0.2, 0.25) is 0 Å². The molecule has 2 radical (unpaired) electrons. The summed E-state index contributed by atoms with van der Waals surface area (Å²) in [4.78, 5) is 4.08. The molecule has 1 atom stereocenters. The number of pyridine rings is 1. The molecule has 2 heterocycles. The molecule has 0 saturated carbocycles. The van der Waals surface area contributed by atoms with Crippen molar-refractivity contribution in [3.8, 4) is 5.88 Å². The maximum absolute atomic E-state index is 9.58. The molecule has 1 saturated heterocycles. The molecular weight excluding hydrogens is 256 g/mol. The van der Waals surface area contributed by atoms with Crippen LogP contribution in [0.4, 0.5) is 0 Å². The average molecular weight is 275 g/mol. The van der Waals surface area contributed by atoms with E-state index in [0.29, 0.717) is 5.46 Å². The van der Waals surface area contributed by atoms with Crippen molar-refractivity contribution < 1.29 is 19.2 Å². The van der Waals surface area contributed by atoms with Gasteiger partial charge in [-0.3, -0.25) is 0 Å². The lowest BCUT2D eigenvalue weighted by Gasteiger charge is -2.32. The van der Waals surface area contributed by atoms with Crippen LogP contribution in [0.15, 0.2) is 18.3 Å². The number of hydrogen-bond donors (Lipinski definition) is 1. The first kappa shape index (κ1) is 15.4. The Morgan fingerprint density at radius 1 is 1.30 bits per heavy atom. The lowest BCUT2D eigenvalue weighted by molar-refractivity contribution is -0.0472. The minimum atomic E-state index is -1.81. The SMILES string of the molecule is [B]C(C)(O)Oc1ncccc1B1OC(C)(C)C(C)(C)O1. The van der Waals surface area contributed by atoms with E-state index < -0.39 is 24.0 Å². The van der Waals surface area contributed by atoms with Gasteiger partial charge >= 0.3 is 7.12 Å². The van der Waals surface area contributed by atoms with Crippen LogP contribution in [0.5, 0.6) is 5.88 Å². The summed E-state index contributed by atoms with van der Waals surface area (Å²) in [6.45, 7) is 9.17. The van der Waals surface area contributed by atoms with Crippen molar-refractivity contribution in [2.45, 2.75) is 51.5 Å². The second-order valence-corrected chi connectivity index (χ2v) is 6.14. The summed E-state index contributed by atoms with van der Waals surface area (Å²) >= 11 is 0. The standard InChI is InChI=1S/C13H19B2NO4/c1-11(2)12(3,4)20-15(19-11)9-7-6-8-16-10(9)18-13(5,14)17/h6-8,17H,1-5H3. The summed E-state index contributed by atoms with van der Waals surface area (Å²) in [6.07, 6.45) is 1.55. The Morgan fingerprint density at radius 3 is 2.35 bits per heavy atom. The molecule has 0 aromatic carbocycles. The van der Waals surface area contributed by atoms with Crippen LogP contribution in [0.1, 0.15) is 34.6 Å². The van der Waals surface area contributed by atoms with Crippen LogP contribution in [-0.2, 0) is 9.31 Å². The predicted octanol–water partition coefficient (Wildman–Crippen LogP) is 0.594. The summed E-state index contributed by atoms with van der Waals surface area (Å²) in [7, 11) is 4.83. The number of rotatable bonds is 3. The monoisotopic (exact) mass is 275 g/mol. The lowest BCUT2D eigenvalue weighted by atomic mass is 9.79. The van der Waals surface area contributed by atoms with Crippen molar-refractivity contribution in [1.29, 1.82) is 0 Å². The molecule has 1 unspecified atom stereocenters. The van der Waals surface area contributed by atoms with Gasteiger partial charge in [0, 0.05) is 11.7 Å². The topological polar surface area (TPSA) is 60.8 Å². The second-order valence-electron chi connectivity index (χ2n) is 6.14. The molecule has 106 valence electrons. The van der Waals surface area contributed by atoms with Crippen molar-refractivity contribution >= 4 is 20.4 Å². The van der Waals surface area contributed by atoms with Gasteiger partial charge in [0.2, 0.25) is 5.88 Å².